The van der Waals surface area contributed by atoms with E-state index in [2.05, 4.69) is 20.8 Å². The minimum atomic E-state index is -0.597. The third kappa shape index (κ3) is 8.15. The monoisotopic (exact) mass is 227 g/mol. The van der Waals surface area contributed by atoms with Crippen LogP contribution >= 0.6 is 0 Å². The molecule has 0 atom stereocenters. The number of hydrogen-bond acceptors (Lipinski definition) is 0. The maximum absolute atomic E-state index is 12.6. The predicted octanol–water partition coefficient (Wildman–Crippen LogP) is 5.51. The molecule has 0 heterocycles. The molecule has 0 aliphatic carbocycles. The van der Waals surface area contributed by atoms with E-state index in [1.165, 1.54) is 19.3 Å². The maximum atomic E-state index is 12.6. The fraction of sp³-hybridized carbons (Fsp3) is 1.00. The molecule has 0 aromatic heterocycles. The number of rotatable bonds is 11. The molecule has 1 heteroatoms. The van der Waals surface area contributed by atoms with Crippen molar-refractivity contribution in [3.8, 4) is 0 Å². The first-order valence-corrected chi connectivity index (χ1v) is 7.39. The molecule has 0 aromatic rings. The van der Waals surface area contributed by atoms with Crippen LogP contribution in [0.2, 0.25) is 0 Å². The second-order valence-electron chi connectivity index (χ2n) is 5.20. The normalized spacial score (nSPS) is 12.0. The van der Waals surface area contributed by atoms with Crippen LogP contribution in [0.5, 0.6) is 0 Å². The number of unbranched alkanes of at least 4 members (excludes halogenated alkanes) is 5. The smallest absolute Gasteiger partial charge is 0.104 e. The second kappa shape index (κ2) is 10.1. The topological polar surface area (TPSA) is 19.9 Å². The van der Waals surface area contributed by atoms with Crippen molar-refractivity contribution in [2.24, 2.45) is 0 Å². The zero-order chi connectivity index (χ0) is 12.3. The van der Waals surface area contributed by atoms with Crippen molar-refractivity contribution in [2.45, 2.75) is 97.0 Å². The van der Waals surface area contributed by atoms with Crippen LogP contribution in [0.3, 0.4) is 0 Å². The van der Waals surface area contributed by atoms with Crippen molar-refractivity contribution >= 4 is 0 Å². The van der Waals surface area contributed by atoms with E-state index < -0.39 is 5.60 Å². The highest BCUT2D eigenvalue weighted by molar-refractivity contribution is 4.77. The van der Waals surface area contributed by atoms with E-state index in [0.29, 0.717) is 0 Å². The molecule has 0 aliphatic heterocycles. The summed E-state index contributed by atoms with van der Waals surface area (Å²) >= 11 is 0. The van der Waals surface area contributed by atoms with Crippen LogP contribution in [0.15, 0.2) is 0 Å². The Labute approximate surface area is 103 Å². The molecule has 16 heavy (non-hydrogen) atoms. The lowest BCUT2D eigenvalue weighted by molar-refractivity contribution is -0.0552. The Morgan fingerprint density at radius 3 is 1.50 bits per heavy atom. The molecular weight excluding hydrogens is 196 g/mol. The molecule has 1 nitrogen and oxygen atoms in total. The van der Waals surface area contributed by atoms with Gasteiger partial charge in [0.05, 0.1) is 0 Å². The van der Waals surface area contributed by atoms with Gasteiger partial charge in [-0.05, 0) is 19.3 Å². The third-order valence-corrected chi connectivity index (χ3v) is 3.46. The molecule has 0 aliphatic rings. The van der Waals surface area contributed by atoms with Gasteiger partial charge in [0, 0.05) is 0 Å². The van der Waals surface area contributed by atoms with E-state index in [9.17, 15) is 5.11 Å². The van der Waals surface area contributed by atoms with Crippen molar-refractivity contribution in [1.82, 2.24) is 0 Å². The Morgan fingerprint density at radius 1 is 0.625 bits per heavy atom. The van der Waals surface area contributed by atoms with E-state index in [1.54, 1.807) is 0 Å². The van der Waals surface area contributed by atoms with E-state index in [4.69, 9.17) is 0 Å². The molecule has 0 amide bonds. The Bertz CT molecular complexity index is 134. The highest BCUT2D eigenvalue weighted by Gasteiger charge is 2.26. The zero-order valence-corrected chi connectivity index (χ0v) is 11.7. The van der Waals surface area contributed by atoms with E-state index in [0.717, 1.165) is 51.4 Å². The van der Waals surface area contributed by atoms with Crippen LogP contribution in [0.1, 0.15) is 91.4 Å². The summed E-state index contributed by atoms with van der Waals surface area (Å²) < 4.78 is 0. The standard InChI is InChI=1S/C15H31O/c1-4-7-10-11-14-15(16,12-8-5-2)13-9-6-3/h4-14H2,1-3H3. The minimum Gasteiger partial charge on any atom is -0.229 e. The maximum Gasteiger partial charge on any atom is 0.104 e. The molecule has 0 unspecified atom stereocenters. The van der Waals surface area contributed by atoms with Crippen LogP contribution in [0.25, 0.3) is 0 Å². The van der Waals surface area contributed by atoms with Gasteiger partial charge in [-0.15, -0.1) is 0 Å². The molecule has 0 aromatic carbocycles. The summed E-state index contributed by atoms with van der Waals surface area (Å²) in [6, 6.07) is 0. The largest absolute Gasteiger partial charge is 0.229 e. The molecule has 0 saturated carbocycles. The summed E-state index contributed by atoms with van der Waals surface area (Å²) in [4.78, 5) is 0. The van der Waals surface area contributed by atoms with Gasteiger partial charge in [0.25, 0.3) is 0 Å². The van der Waals surface area contributed by atoms with E-state index >= 15 is 0 Å². The molecule has 0 fully saturated rings. The van der Waals surface area contributed by atoms with Crippen LogP contribution in [-0.2, 0) is 5.11 Å². The van der Waals surface area contributed by atoms with Gasteiger partial charge < -0.3 is 0 Å². The lowest BCUT2D eigenvalue weighted by Crippen LogP contribution is -2.26. The fourth-order valence-corrected chi connectivity index (χ4v) is 2.25. The van der Waals surface area contributed by atoms with Gasteiger partial charge in [-0.2, -0.15) is 0 Å². The third-order valence-electron chi connectivity index (χ3n) is 3.46. The van der Waals surface area contributed by atoms with Gasteiger partial charge in [-0.1, -0.05) is 72.1 Å². The van der Waals surface area contributed by atoms with Gasteiger partial charge in [0.15, 0.2) is 0 Å². The molecule has 0 rings (SSSR count). The number of hydrogen-bond donors (Lipinski definition) is 0. The second-order valence-corrected chi connectivity index (χ2v) is 5.20. The van der Waals surface area contributed by atoms with Crippen LogP contribution < -0.4 is 0 Å². The zero-order valence-electron chi connectivity index (χ0n) is 11.7. The predicted molar refractivity (Wildman–Crippen MR) is 71.2 cm³/mol. The lowest BCUT2D eigenvalue weighted by Gasteiger charge is -2.25. The summed E-state index contributed by atoms with van der Waals surface area (Å²) in [6.45, 7) is 6.58. The highest BCUT2D eigenvalue weighted by Crippen LogP contribution is 2.28. The Hall–Kier alpha value is -0.0400. The van der Waals surface area contributed by atoms with Crippen molar-refractivity contribution < 1.29 is 5.11 Å². The molecule has 1 radical (unpaired) electrons. The molecule has 97 valence electrons. The first kappa shape index (κ1) is 16.0. The molecule has 0 bridgehead atoms. The summed E-state index contributed by atoms with van der Waals surface area (Å²) in [5.41, 5.74) is -0.597. The lowest BCUT2D eigenvalue weighted by atomic mass is 9.86. The Balaban J connectivity index is 3.86. The highest BCUT2D eigenvalue weighted by atomic mass is 16.3. The molecule has 0 N–H and O–H groups in total. The van der Waals surface area contributed by atoms with Crippen LogP contribution in [0, 0.1) is 0 Å². The van der Waals surface area contributed by atoms with Crippen molar-refractivity contribution in [1.29, 1.82) is 0 Å². The summed E-state index contributed by atoms with van der Waals surface area (Å²) in [6.07, 6.45) is 12.2. The van der Waals surface area contributed by atoms with Crippen molar-refractivity contribution in [2.75, 3.05) is 0 Å². The molecule has 0 saturated heterocycles. The van der Waals surface area contributed by atoms with Gasteiger partial charge >= 0.3 is 0 Å². The van der Waals surface area contributed by atoms with Crippen molar-refractivity contribution in [3.05, 3.63) is 0 Å². The Morgan fingerprint density at radius 2 is 1.06 bits per heavy atom. The Kier molecular flexibility index (Phi) is 10.1. The van der Waals surface area contributed by atoms with E-state index in [-0.39, 0.29) is 0 Å². The first-order chi connectivity index (χ1) is 7.68. The molecule has 0 spiro atoms. The average Bonchev–Trinajstić information content (AvgIpc) is 2.30. The van der Waals surface area contributed by atoms with Gasteiger partial charge in [-0.25, -0.2) is 5.11 Å². The fourth-order valence-electron chi connectivity index (χ4n) is 2.25. The minimum absolute atomic E-state index is 0.597. The van der Waals surface area contributed by atoms with Crippen molar-refractivity contribution in [3.63, 3.8) is 0 Å². The van der Waals surface area contributed by atoms with Crippen LogP contribution in [0.4, 0.5) is 0 Å². The SMILES string of the molecule is CCCCCCC([O])(CCCC)CCCC. The summed E-state index contributed by atoms with van der Waals surface area (Å²) in [7, 11) is 0. The van der Waals surface area contributed by atoms with Crippen LogP contribution in [-0.4, -0.2) is 5.60 Å². The van der Waals surface area contributed by atoms with Gasteiger partial charge in [0.1, 0.15) is 5.60 Å². The van der Waals surface area contributed by atoms with Gasteiger partial charge in [0.2, 0.25) is 0 Å². The average molecular weight is 227 g/mol. The van der Waals surface area contributed by atoms with E-state index in [1.807, 2.05) is 0 Å². The van der Waals surface area contributed by atoms with Gasteiger partial charge in [-0.3, -0.25) is 0 Å². The summed E-state index contributed by atoms with van der Waals surface area (Å²) in [5.74, 6) is 0. The first-order valence-electron chi connectivity index (χ1n) is 7.39. The quantitative estimate of drug-likeness (QED) is 0.415. The summed E-state index contributed by atoms with van der Waals surface area (Å²) in [5, 5.41) is 12.6. The molecular formula is C15H31O.